The van der Waals surface area contributed by atoms with Gasteiger partial charge in [-0.25, -0.2) is 4.79 Å². The fourth-order valence-corrected chi connectivity index (χ4v) is 4.74. The van der Waals surface area contributed by atoms with Crippen molar-refractivity contribution in [1.29, 1.82) is 0 Å². The zero-order valence-corrected chi connectivity index (χ0v) is 21.0. The molecule has 0 saturated carbocycles. The van der Waals surface area contributed by atoms with Gasteiger partial charge in [0, 0.05) is 34.2 Å². The fraction of sp³-hybridized carbons (Fsp3) is 0.444. The Kier molecular flexibility index (Phi) is 8.01. The maximum absolute atomic E-state index is 12.8. The smallest absolute Gasteiger partial charge is 0.410 e. The van der Waals surface area contributed by atoms with Gasteiger partial charge < -0.3 is 19.8 Å². The first-order chi connectivity index (χ1) is 16.5. The number of aromatic amines is 1. The number of aromatic nitrogens is 1. The Balaban J connectivity index is 1.54. The molecule has 0 radical (unpaired) electrons. The molecule has 182 valence electrons. The molecule has 2 aromatic carbocycles. The van der Waals surface area contributed by atoms with Crippen LogP contribution in [0.25, 0.3) is 10.9 Å². The lowest BCUT2D eigenvalue weighted by Gasteiger charge is -2.35. The van der Waals surface area contributed by atoms with Crippen molar-refractivity contribution < 1.29 is 14.3 Å². The molecule has 0 aliphatic carbocycles. The summed E-state index contributed by atoms with van der Waals surface area (Å²) in [7, 11) is 0. The Morgan fingerprint density at radius 3 is 2.74 bits per heavy atom. The lowest BCUT2D eigenvalue weighted by atomic mass is 9.92. The molecule has 0 spiro atoms. The van der Waals surface area contributed by atoms with Crippen molar-refractivity contribution in [1.82, 2.24) is 15.2 Å². The highest BCUT2D eigenvalue weighted by Crippen LogP contribution is 2.39. The number of ether oxygens (including phenoxy) is 2. The van der Waals surface area contributed by atoms with E-state index >= 15 is 0 Å². The standard InChI is InChI=1S/C27H34ClN3O3/c1-4-33-27(32)31-15-13-22-23-17-20(28)9-12-24(23)30-25(22)26(31)19-7-10-21(11-8-19)34-16-6-5-14-29-18(2)3/h7-12,17-18,26,29-30H,4-6,13-16H2,1-3H3. The summed E-state index contributed by atoms with van der Waals surface area (Å²) in [5.41, 5.74) is 4.26. The Labute approximate surface area is 206 Å². The lowest BCUT2D eigenvalue weighted by Crippen LogP contribution is -2.40. The number of hydrogen-bond donors (Lipinski definition) is 2. The lowest BCUT2D eigenvalue weighted by molar-refractivity contribution is 0.0932. The van der Waals surface area contributed by atoms with E-state index in [0.717, 1.165) is 53.7 Å². The molecule has 0 saturated heterocycles. The average molecular weight is 484 g/mol. The number of carbonyl (C=O) groups is 1. The summed E-state index contributed by atoms with van der Waals surface area (Å²) in [6, 6.07) is 14.2. The summed E-state index contributed by atoms with van der Waals surface area (Å²) in [4.78, 5) is 18.2. The van der Waals surface area contributed by atoms with Gasteiger partial charge in [-0.05, 0) is 74.2 Å². The first-order valence-corrected chi connectivity index (χ1v) is 12.5. The molecule has 3 aromatic rings. The van der Waals surface area contributed by atoms with Crippen LogP contribution in [-0.2, 0) is 11.2 Å². The topological polar surface area (TPSA) is 66.6 Å². The number of nitrogens with one attached hydrogen (secondary N) is 2. The molecule has 2 N–H and O–H groups in total. The number of hydrogen-bond acceptors (Lipinski definition) is 4. The van der Waals surface area contributed by atoms with Crippen molar-refractivity contribution in [2.24, 2.45) is 0 Å². The second-order valence-electron chi connectivity index (χ2n) is 8.99. The summed E-state index contributed by atoms with van der Waals surface area (Å²) in [5, 5.41) is 5.24. The number of rotatable bonds is 9. The van der Waals surface area contributed by atoms with E-state index in [2.05, 4.69) is 24.1 Å². The van der Waals surface area contributed by atoms with Crippen molar-refractivity contribution >= 4 is 28.6 Å². The number of fused-ring (bicyclic) bond motifs is 3. The van der Waals surface area contributed by atoms with Crippen molar-refractivity contribution in [3.63, 3.8) is 0 Å². The third-order valence-electron chi connectivity index (χ3n) is 6.18. The molecule has 1 aromatic heterocycles. The summed E-state index contributed by atoms with van der Waals surface area (Å²) in [6.45, 7) is 8.75. The number of nitrogens with zero attached hydrogens (tertiary/aromatic N) is 1. The maximum Gasteiger partial charge on any atom is 0.410 e. The van der Waals surface area contributed by atoms with Crippen molar-refractivity contribution in [2.45, 2.75) is 52.1 Å². The minimum absolute atomic E-state index is 0.259. The number of halogens is 1. The van der Waals surface area contributed by atoms with Gasteiger partial charge in [0.15, 0.2) is 0 Å². The molecule has 7 heteroatoms. The molecule has 4 rings (SSSR count). The second-order valence-corrected chi connectivity index (χ2v) is 9.42. The molecule has 34 heavy (non-hydrogen) atoms. The van der Waals surface area contributed by atoms with Gasteiger partial charge >= 0.3 is 6.09 Å². The number of carbonyl (C=O) groups excluding carboxylic acids is 1. The molecule has 0 bridgehead atoms. The minimum Gasteiger partial charge on any atom is -0.494 e. The largest absolute Gasteiger partial charge is 0.494 e. The number of amides is 1. The molecule has 1 amide bonds. The molecule has 6 nitrogen and oxygen atoms in total. The Bertz CT molecular complexity index is 1110. The van der Waals surface area contributed by atoms with Crippen LogP contribution in [0, 0.1) is 0 Å². The second kappa shape index (κ2) is 11.2. The number of benzene rings is 2. The van der Waals surface area contributed by atoms with Crippen LogP contribution in [0.5, 0.6) is 5.75 Å². The fourth-order valence-electron chi connectivity index (χ4n) is 4.56. The van der Waals surface area contributed by atoms with Gasteiger partial charge in [-0.3, -0.25) is 4.90 Å². The van der Waals surface area contributed by atoms with Gasteiger partial charge in [0.2, 0.25) is 0 Å². The minimum atomic E-state index is -0.301. The summed E-state index contributed by atoms with van der Waals surface area (Å²) in [6.07, 6.45) is 2.53. The highest BCUT2D eigenvalue weighted by atomic mass is 35.5. The number of H-pyrrole nitrogens is 1. The van der Waals surface area contributed by atoms with Crippen molar-refractivity contribution in [2.75, 3.05) is 26.3 Å². The van der Waals surface area contributed by atoms with Gasteiger partial charge in [0.05, 0.1) is 13.2 Å². The maximum atomic E-state index is 12.8. The Morgan fingerprint density at radius 2 is 2.00 bits per heavy atom. The van der Waals surface area contributed by atoms with E-state index in [1.54, 1.807) is 4.90 Å². The van der Waals surface area contributed by atoms with Crippen LogP contribution in [0.2, 0.25) is 5.02 Å². The average Bonchev–Trinajstić information content (AvgIpc) is 3.19. The van der Waals surface area contributed by atoms with Crippen LogP contribution in [0.4, 0.5) is 4.79 Å². The Hall–Kier alpha value is -2.70. The molecule has 2 heterocycles. The van der Waals surface area contributed by atoms with E-state index in [4.69, 9.17) is 21.1 Å². The van der Waals surface area contributed by atoms with Crippen LogP contribution in [0.1, 0.15) is 56.5 Å². The summed E-state index contributed by atoms with van der Waals surface area (Å²) < 4.78 is 11.3. The van der Waals surface area contributed by atoms with Crippen LogP contribution in [0.15, 0.2) is 42.5 Å². The van der Waals surface area contributed by atoms with Crippen LogP contribution in [0.3, 0.4) is 0 Å². The monoisotopic (exact) mass is 483 g/mol. The zero-order valence-electron chi connectivity index (χ0n) is 20.2. The van der Waals surface area contributed by atoms with Gasteiger partial charge in [-0.15, -0.1) is 0 Å². The summed E-state index contributed by atoms with van der Waals surface area (Å²) in [5.74, 6) is 0.836. The predicted octanol–water partition coefficient (Wildman–Crippen LogP) is 6.08. The first-order valence-electron chi connectivity index (χ1n) is 12.2. The van der Waals surface area contributed by atoms with E-state index in [0.29, 0.717) is 30.8 Å². The van der Waals surface area contributed by atoms with Gasteiger partial charge in [-0.2, -0.15) is 0 Å². The third-order valence-corrected chi connectivity index (χ3v) is 6.41. The molecule has 1 atom stereocenters. The summed E-state index contributed by atoms with van der Waals surface area (Å²) >= 11 is 6.28. The molecular weight excluding hydrogens is 450 g/mol. The van der Waals surface area contributed by atoms with Gasteiger partial charge in [0.1, 0.15) is 11.8 Å². The molecule has 1 aliphatic rings. The van der Waals surface area contributed by atoms with E-state index in [1.165, 1.54) is 5.56 Å². The zero-order chi connectivity index (χ0) is 24.1. The van der Waals surface area contributed by atoms with Crippen LogP contribution >= 0.6 is 11.6 Å². The van der Waals surface area contributed by atoms with Crippen LogP contribution in [-0.4, -0.2) is 48.3 Å². The Morgan fingerprint density at radius 1 is 1.21 bits per heavy atom. The highest BCUT2D eigenvalue weighted by Gasteiger charge is 2.35. The van der Waals surface area contributed by atoms with Crippen molar-refractivity contribution in [3.05, 3.63) is 64.3 Å². The van der Waals surface area contributed by atoms with Crippen molar-refractivity contribution in [3.8, 4) is 5.75 Å². The first kappa shape index (κ1) is 24.4. The van der Waals surface area contributed by atoms with E-state index < -0.39 is 0 Å². The molecular formula is C27H34ClN3O3. The third kappa shape index (κ3) is 5.50. The molecule has 0 fully saturated rings. The van der Waals surface area contributed by atoms with Gasteiger partial charge in [0.25, 0.3) is 0 Å². The normalized spacial score (nSPS) is 15.6. The molecule has 1 aliphatic heterocycles. The quantitative estimate of drug-likeness (QED) is 0.362. The van der Waals surface area contributed by atoms with Crippen LogP contribution < -0.4 is 10.1 Å². The van der Waals surface area contributed by atoms with E-state index in [-0.39, 0.29) is 12.1 Å². The molecule has 1 unspecified atom stereocenters. The predicted molar refractivity (Wildman–Crippen MR) is 137 cm³/mol. The SMILES string of the molecule is CCOC(=O)N1CCc2c([nH]c3ccc(Cl)cc23)C1c1ccc(OCCCCNC(C)C)cc1. The van der Waals surface area contributed by atoms with E-state index in [9.17, 15) is 4.79 Å². The number of unbranched alkanes of at least 4 members (excludes halogenated alkanes) is 1. The van der Waals surface area contributed by atoms with Gasteiger partial charge in [-0.1, -0.05) is 37.6 Å². The van der Waals surface area contributed by atoms with E-state index in [1.807, 2.05) is 49.4 Å². The highest BCUT2D eigenvalue weighted by molar-refractivity contribution is 6.31.